The summed E-state index contributed by atoms with van der Waals surface area (Å²) in [4.78, 5) is 4.86. The molecule has 10 aromatic rings. The lowest BCUT2D eigenvalue weighted by atomic mass is 9.90. The number of anilines is 5. The molecule has 2 aliphatic rings. The summed E-state index contributed by atoms with van der Waals surface area (Å²) in [5, 5.41) is 9.26. The lowest BCUT2D eigenvalue weighted by molar-refractivity contribution is 0.418. The van der Waals surface area contributed by atoms with Crippen molar-refractivity contribution in [3.8, 4) is 5.75 Å². The first kappa shape index (κ1) is 38.1. The Kier molecular flexibility index (Phi) is 8.98. The van der Waals surface area contributed by atoms with Crippen LogP contribution in [0.25, 0.3) is 54.3 Å². The van der Waals surface area contributed by atoms with Gasteiger partial charge < -0.3 is 19.0 Å². The Morgan fingerprint density at radius 3 is 1.64 bits per heavy atom. The maximum atomic E-state index is 6.85. The second kappa shape index (κ2) is 15.1. The van der Waals surface area contributed by atoms with Gasteiger partial charge in [0, 0.05) is 38.5 Å². The van der Waals surface area contributed by atoms with Crippen LogP contribution < -0.4 is 14.5 Å². The molecule has 9 aromatic carbocycles. The highest BCUT2D eigenvalue weighted by atomic mass is 16.5. The molecule has 4 nitrogen and oxygen atoms in total. The molecule has 1 aromatic heterocycles. The monoisotopic (exact) mass is 828 g/mol. The third kappa shape index (κ3) is 6.04. The molecule has 1 aliphatic heterocycles. The van der Waals surface area contributed by atoms with Crippen LogP contribution in [0, 0.1) is 0 Å². The Hall–Kier alpha value is -7.56. The molecule has 0 spiro atoms. The van der Waals surface area contributed by atoms with Gasteiger partial charge in [-0.15, -0.1) is 0 Å². The Balaban J connectivity index is 1.14. The lowest BCUT2D eigenvalue weighted by Crippen LogP contribution is -2.21. The molecule has 1 unspecified atom stereocenters. The Morgan fingerprint density at radius 2 is 1.00 bits per heavy atom. The van der Waals surface area contributed by atoms with E-state index in [9.17, 15) is 0 Å². The number of benzene rings is 9. The van der Waals surface area contributed by atoms with Gasteiger partial charge in [0.25, 0.3) is 0 Å². The number of para-hydroxylation sites is 3. The summed E-state index contributed by atoms with van der Waals surface area (Å²) >= 11 is 0. The maximum absolute atomic E-state index is 6.85. The summed E-state index contributed by atoms with van der Waals surface area (Å²) < 4.78 is 13.6. The van der Waals surface area contributed by atoms with Crippen molar-refractivity contribution in [2.75, 3.05) is 9.80 Å². The number of fused-ring (bicyclic) bond motifs is 11. The highest BCUT2D eigenvalue weighted by molar-refractivity contribution is 6.25. The van der Waals surface area contributed by atoms with Crippen LogP contribution in [-0.4, -0.2) is 0 Å². The third-order valence-corrected chi connectivity index (χ3v) is 13.6. The maximum Gasteiger partial charge on any atom is 0.159 e. The van der Waals surface area contributed by atoms with Gasteiger partial charge in [-0.25, -0.2) is 0 Å². The van der Waals surface area contributed by atoms with Crippen molar-refractivity contribution >= 4 is 82.7 Å². The first-order valence-corrected chi connectivity index (χ1v) is 22.7. The van der Waals surface area contributed by atoms with E-state index < -0.39 is 0 Å². The fraction of sp³-hybridized carbons (Fsp3) is 0.133. The Bertz CT molecular complexity index is 3520. The summed E-state index contributed by atoms with van der Waals surface area (Å²) in [5.41, 5.74) is 12.0. The predicted octanol–water partition coefficient (Wildman–Crippen LogP) is 17.2. The van der Waals surface area contributed by atoms with E-state index in [1.54, 1.807) is 0 Å². The van der Waals surface area contributed by atoms with Crippen molar-refractivity contribution < 1.29 is 9.15 Å². The first-order valence-electron chi connectivity index (χ1n) is 22.7. The van der Waals surface area contributed by atoms with Crippen LogP contribution in [0.3, 0.4) is 0 Å². The lowest BCUT2D eigenvalue weighted by Gasteiger charge is -2.32. The largest absolute Gasteiger partial charge is 0.459 e. The normalized spacial score (nSPS) is 14.6. The third-order valence-electron chi connectivity index (χ3n) is 13.6. The van der Waals surface area contributed by atoms with Crippen LogP contribution in [0.4, 0.5) is 28.4 Å². The van der Waals surface area contributed by atoms with Gasteiger partial charge in [-0.3, -0.25) is 0 Å². The molecule has 0 radical (unpaired) electrons. The van der Waals surface area contributed by atoms with Crippen LogP contribution >= 0.6 is 0 Å². The molecule has 12 rings (SSSR count). The van der Waals surface area contributed by atoms with Crippen LogP contribution in [0.1, 0.15) is 68.6 Å². The van der Waals surface area contributed by atoms with Gasteiger partial charge in [0.05, 0.1) is 28.7 Å². The molecule has 0 fully saturated rings. The van der Waals surface area contributed by atoms with E-state index in [0.29, 0.717) is 11.8 Å². The van der Waals surface area contributed by atoms with E-state index in [4.69, 9.17) is 9.15 Å². The zero-order chi connectivity index (χ0) is 43.1. The van der Waals surface area contributed by atoms with Crippen molar-refractivity contribution in [3.63, 3.8) is 0 Å². The van der Waals surface area contributed by atoms with Gasteiger partial charge in [-0.2, -0.15) is 0 Å². The van der Waals surface area contributed by atoms with Gasteiger partial charge in [0.15, 0.2) is 5.58 Å². The quantitative estimate of drug-likeness (QED) is 0.143. The van der Waals surface area contributed by atoms with Crippen molar-refractivity contribution in [2.45, 2.75) is 51.9 Å². The van der Waals surface area contributed by atoms with Gasteiger partial charge in [0.1, 0.15) is 17.1 Å². The summed E-state index contributed by atoms with van der Waals surface area (Å²) in [6.45, 7) is 9.01. The van der Waals surface area contributed by atoms with E-state index in [1.165, 1.54) is 38.2 Å². The van der Waals surface area contributed by atoms with E-state index in [-0.39, 0.29) is 5.92 Å². The van der Waals surface area contributed by atoms with Crippen molar-refractivity contribution in [1.29, 1.82) is 0 Å². The van der Waals surface area contributed by atoms with Crippen molar-refractivity contribution in [1.82, 2.24) is 0 Å². The molecule has 0 saturated carbocycles. The van der Waals surface area contributed by atoms with Crippen LogP contribution in [-0.2, 0) is 0 Å². The molecule has 1 atom stereocenters. The molecule has 2 heterocycles. The second-order valence-corrected chi connectivity index (χ2v) is 18.0. The molecule has 64 heavy (non-hydrogen) atoms. The minimum atomic E-state index is 0.153. The van der Waals surface area contributed by atoms with Crippen LogP contribution in [0.5, 0.6) is 5.75 Å². The smallest absolute Gasteiger partial charge is 0.159 e. The van der Waals surface area contributed by atoms with Gasteiger partial charge >= 0.3 is 0 Å². The number of rotatable bonds is 8. The van der Waals surface area contributed by atoms with E-state index in [0.717, 1.165) is 84.8 Å². The predicted molar refractivity (Wildman–Crippen MR) is 268 cm³/mol. The van der Waals surface area contributed by atoms with Crippen LogP contribution in [0.2, 0.25) is 0 Å². The average Bonchev–Trinajstić information content (AvgIpc) is 3.92. The Labute approximate surface area is 373 Å². The second-order valence-electron chi connectivity index (χ2n) is 18.0. The fourth-order valence-corrected chi connectivity index (χ4v) is 10.3. The minimum absolute atomic E-state index is 0.153. The van der Waals surface area contributed by atoms with Gasteiger partial charge in [-0.1, -0.05) is 155 Å². The van der Waals surface area contributed by atoms with Gasteiger partial charge in [-0.05, 0) is 112 Å². The summed E-state index contributed by atoms with van der Waals surface area (Å²) in [7, 11) is 0. The number of hydrogen-bond donors (Lipinski definition) is 0. The molecule has 1 aliphatic carbocycles. The number of furan rings is 1. The summed E-state index contributed by atoms with van der Waals surface area (Å²) in [6.07, 6.45) is 5.50. The number of hydrogen-bond acceptors (Lipinski definition) is 4. The number of nitrogens with zero attached hydrogens (tertiary/aromatic N) is 2. The Morgan fingerprint density at radius 1 is 0.469 bits per heavy atom. The van der Waals surface area contributed by atoms with Crippen molar-refractivity contribution in [2.24, 2.45) is 0 Å². The number of ether oxygens (including phenoxy) is 1. The molecule has 0 saturated heterocycles. The molecule has 4 heteroatoms. The molecular formula is C60H48N2O2. The number of allylic oxidation sites excluding steroid dienone is 3. The van der Waals surface area contributed by atoms with E-state index in [2.05, 4.69) is 220 Å². The summed E-state index contributed by atoms with van der Waals surface area (Å²) in [5.74, 6) is 2.94. The van der Waals surface area contributed by atoms with Crippen molar-refractivity contribution in [3.05, 3.63) is 216 Å². The molecule has 0 amide bonds. The fourth-order valence-electron chi connectivity index (χ4n) is 10.3. The highest BCUT2D eigenvalue weighted by Crippen LogP contribution is 2.52. The topological polar surface area (TPSA) is 28.9 Å². The molecular weight excluding hydrogens is 781 g/mol. The first-order chi connectivity index (χ1) is 31.4. The van der Waals surface area contributed by atoms with Gasteiger partial charge in [0.2, 0.25) is 0 Å². The highest BCUT2D eigenvalue weighted by Gasteiger charge is 2.36. The molecule has 310 valence electrons. The summed E-state index contributed by atoms with van der Waals surface area (Å²) in [6, 6.07) is 64.3. The van der Waals surface area contributed by atoms with E-state index in [1.807, 2.05) is 6.07 Å². The zero-order valence-corrected chi connectivity index (χ0v) is 36.5. The minimum Gasteiger partial charge on any atom is -0.459 e. The SMILES string of the molecule is CC(C)c1ccc(N(C2=C3Oc4ccccc4C3CC=C2)c2cc3c4ccccc4c(N(c4ccc(C(C)C)cc4)c4cccc5c4oc4ccccc45)cc3c3ccccc23)cc1. The molecule has 0 N–H and O–H groups in total. The standard InChI is InChI=1S/C60H48N2O2/c1-37(2)39-27-31-41(32-28-39)61(53-23-13-21-49-47-19-9-11-25-57(47)63-59(49)53)55-35-51-44-16-6-8-18-46(44)56(36-52(51)43-15-5-7-17-45(43)55)62(42-33-29-40(30-34-42)38(3)4)54-24-14-22-50-48-20-10-12-26-58(48)64-60(50)54/h5-21,23-38,50H,22H2,1-4H3. The molecule has 0 bridgehead atoms. The van der Waals surface area contributed by atoms with E-state index >= 15 is 0 Å². The average molecular weight is 829 g/mol. The van der Waals surface area contributed by atoms with Crippen LogP contribution in [0.15, 0.2) is 204 Å². The zero-order valence-electron chi connectivity index (χ0n) is 36.5.